The van der Waals surface area contributed by atoms with E-state index in [-0.39, 0.29) is 12.7 Å². The van der Waals surface area contributed by atoms with Gasteiger partial charge >= 0.3 is 0 Å². The smallest absolute Gasteiger partial charge is 0.231 e. The van der Waals surface area contributed by atoms with E-state index in [9.17, 15) is 4.79 Å². The average molecular weight is 357 g/mol. The van der Waals surface area contributed by atoms with Gasteiger partial charge in [-0.05, 0) is 37.0 Å². The van der Waals surface area contributed by atoms with Crippen molar-refractivity contribution in [3.8, 4) is 11.5 Å². The second-order valence-corrected chi connectivity index (χ2v) is 7.02. The highest BCUT2D eigenvalue weighted by atomic mass is 16.7. The van der Waals surface area contributed by atoms with E-state index < -0.39 is 5.54 Å². The summed E-state index contributed by atoms with van der Waals surface area (Å²) in [5.74, 6) is 2.64. The van der Waals surface area contributed by atoms with E-state index in [0.717, 1.165) is 42.7 Å². The van der Waals surface area contributed by atoms with Crippen molar-refractivity contribution in [3.05, 3.63) is 35.5 Å². The average Bonchev–Trinajstić information content (AvgIpc) is 3.29. The Balaban J connectivity index is 1.42. The van der Waals surface area contributed by atoms with Gasteiger partial charge in [-0.25, -0.2) is 0 Å². The van der Waals surface area contributed by atoms with Crippen molar-refractivity contribution in [2.24, 2.45) is 0 Å². The van der Waals surface area contributed by atoms with Gasteiger partial charge in [-0.1, -0.05) is 30.5 Å². The van der Waals surface area contributed by atoms with Gasteiger partial charge in [0.05, 0.1) is 0 Å². The maximum Gasteiger partial charge on any atom is 0.231 e. The van der Waals surface area contributed by atoms with Gasteiger partial charge in [0, 0.05) is 13.3 Å². The molecule has 2 aliphatic rings. The third-order valence-electron chi connectivity index (χ3n) is 5.12. The van der Waals surface area contributed by atoms with Crippen LogP contribution in [0.3, 0.4) is 0 Å². The van der Waals surface area contributed by atoms with Gasteiger partial charge in [-0.2, -0.15) is 4.98 Å². The molecule has 1 saturated carbocycles. The molecule has 7 nitrogen and oxygen atoms in total. The molecule has 26 heavy (non-hydrogen) atoms. The molecule has 1 amide bonds. The van der Waals surface area contributed by atoms with Gasteiger partial charge in [-0.3, -0.25) is 4.79 Å². The van der Waals surface area contributed by atoms with E-state index >= 15 is 0 Å². The molecule has 0 radical (unpaired) electrons. The van der Waals surface area contributed by atoms with Crippen molar-refractivity contribution in [3.63, 3.8) is 0 Å². The van der Waals surface area contributed by atoms with Crippen LogP contribution in [0.15, 0.2) is 22.7 Å². The summed E-state index contributed by atoms with van der Waals surface area (Å²) in [6.07, 6.45) is 6.02. The number of hydrogen-bond acceptors (Lipinski definition) is 6. The number of hydrogen-bond donors (Lipinski definition) is 1. The summed E-state index contributed by atoms with van der Waals surface area (Å²) in [7, 11) is 0. The topological polar surface area (TPSA) is 86.5 Å². The van der Waals surface area contributed by atoms with E-state index in [1.54, 1.807) is 6.92 Å². The summed E-state index contributed by atoms with van der Waals surface area (Å²) in [4.78, 5) is 17.0. The van der Waals surface area contributed by atoms with Crippen molar-refractivity contribution in [1.29, 1.82) is 0 Å². The first kappa shape index (κ1) is 16.9. The summed E-state index contributed by atoms with van der Waals surface area (Å²) >= 11 is 0. The van der Waals surface area contributed by atoms with E-state index in [4.69, 9.17) is 14.0 Å². The molecule has 1 aromatic carbocycles. The zero-order valence-corrected chi connectivity index (χ0v) is 14.9. The first-order valence-electron chi connectivity index (χ1n) is 9.15. The zero-order chi connectivity index (χ0) is 18.0. The normalized spacial score (nSPS) is 17.9. The molecule has 0 saturated heterocycles. The van der Waals surface area contributed by atoms with Gasteiger partial charge in [0.1, 0.15) is 5.54 Å². The maximum absolute atomic E-state index is 12.7. The van der Waals surface area contributed by atoms with E-state index in [0.29, 0.717) is 24.6 Å². The summed E-state index contributed by atoms with van der Waals surface area (Å²) in [6, 6.07) is 5.80. The number of aryl methyl sites for hydroxylation is 2. The first-order chi connectivity index (χ1) is 12.6. The number of nitrogens with one attached hydrogen (secondary N) is 1. The molecule has 0 unspecified atom stereocenters. The lowest BCUT2D eigenvalue weighted by atomic mass is 9.81. The highest BCUT2D eigenvalue weighted by Gasteiger charge is 2.39. The Morgan fingerprint density at radius 1 is 1.19 bits per heavy atom. The van der Waals surface area contributed by atoms with Gasteiger partial charge < -0.3 is 19.3 Å². The third kappa shape index (κ3) is 3.38. The van der Waals surface area contributed by atoms with Crippen LogP contribution in [-0.2, 0) is 16.8 Å². The fraction of sp³-hybridized carbons (Fsp3) is 0.526. The Labute approximate surface area is 152 Å². The SMILES string of the molecule is Cc1nc(C2(NC(=O)CCc3ccc4c(c3)OCO4)CCCCC2)no1. The third-order valence-corrected chi connectivity index (χ3v) is 5.12. The molecule has 7 heteroatoms. The molecule has 4 rings (SSSR count). The van der Waals surface area contributed by atoms with Gasteiger partial charge in [0.15, 0.2) is 17.3 Å². The minimum Gasteiger partial charge on any atom is -0.454 e. The standard InChI is InChI=1S/C19H23N3O4/c1-13-20-18(22-26-13)19(9-3-2-4-10-19)21-17(23)8-6-14-5-7-15-16(11-14)25-12-24-15/h5,7,11H,2-4,6,8-10,12H2,1H3,(H,21,23). The number of benzene rings is 1. The van der Waals surface area contributed by atoms with Crippen LogP contribution in [0.1, 0.15) is 55.8 Å². The Morgan fingerprint density at radius 2 is 2.00 bits per heavy atom. The van der Waals surface area contributed by atoms with Crippen LogP contribution in [0.2, 0.25) is 0 Å². The largest absolute Gasteiger partial charge is 0.454 e. The van der Waals surface area contributed by atoms with Crippen LogP contribution in [0.4, 0.5) is 0 Å². The molecule has 2 aromatic rings. The molecule has 1 N–H and O–H groups in total. The summed E-state index contributed by atoms with van der Waals surface area (Å²) in [5.41, 5.74) is 0.555. The molecule has 1 aliphatic heterocycles. The number of fused-ring (bicyclic) bond motifs is 1. The molecule has 1 aromatic heterocycles. The van der Waals surface area contributed by atoms with Crippen LogP contribution in [0, 0.1) is 6.92 Å². The Bertz CT molecular complexity index is 796. The molecule has 1 aliphatic carbocycles. The number of ether oxygens (including phenoxy) is 2. The van der Waals surface area contributed by atoms with Crippen LogP contribution >= 0.6 is 0 Å². The van der Waals surface area contributed by atoms with Crippen LogP contribution < -0.4 is 14.8 Å². The fourth-order valence-electron chi connectivity index (χ4n) is 3.74. The molecule has 138 valence electrons. The van der Waals surface area contributed by atoms with Crippen LogP contribution in [0.5, 0.6) is 11.5 Å². The van der Waals surface area contributed by atoms with E-state index in [1.165, 1.54) is 6.42 Å². The molecule has 2 heterocycles. The molecule has 1 fully saturated rings. The zero-order valence-electron chi connectivity index (χ0n) is 14.9. The molecular weight excluding hydrogens is 334 g/mol. The second-order valence-electron chi connectivity index (χ2n) is 7.02. The van der Waals surface area contributed by atoms with Crippen molar-refractivity contribution in [2.75, 3.05) is 6.79 Å². The number of amides is 1. The fourth-order valence-corrected chi connectivity index (χ4v) is 3.74. The lowest BCUT2D eigenvalue weighted by molar-refractivity contribution is -0.123. The van der Waals surface area contributed by atoms with Crippen LogP contribution in [-0.4, -0.2) is 22.8 Å². The molecular formula is C19H23N3O4. The predicted molar refractivity (Wildman–Crippen MR) is 92.8 cm³/mol. The number of carbonyl (C=O) groups excluding carboxylic acids is 1. The minimum absolute atomic E-state index is 0.00650. The van der Waals surface area contributed by atoms with Gasteiger partial charge in [0.2, 0.25) is 18.6 Å². The van der Waals surface area contributed by atoms with Crippen molar-refractivity contribution in [2.45, 2.75) is 57.4 Å². The van der Waals surface area contributed by atoms with Crippen molar-refractivity contribution < 1.29 is 18.8 Å². The van der Waals surface area contributed by atoms with Crippen molar-refractivity contribution >= 4 is 5.91 Å². The quantitative estimate of drug-likeness (QED) is 0.885. The predicted octanol–water partition coefficient (Wildman–Crippen LogP) is 3.02. The summed E-state index contributed by atoms with van der Waals surface area (Å²) < 4.78 is 15.9. The maximum atomic E-state index is 12.7. The summed E-state index contributed by atoms with van der Waals surface area (Å²) in [5, 5.41) is 7.30. The Kier molecular flexibility index (Phi) is 4.53. The van der Waals surface area contributed by atoms with Gasteiger partial charge in [0.25, 0.3) is 0 Å². The van der Waals surface area contributed by atoms with E-state index in [2.05, 4.69) is 15.5 Å². The monoisotopic (exact) mass is 357 g/mol. The first-order valence-corrected chi connectivity index (χ1v) is 9.15. The van der Waals surface area contributed by atoms with E-state index in [1.807, 2.05) is 18.2 Å². The van der Waals surface area contributed by atoms with Crippen molar-refractivity contribution in [1.82, 2.24) is 15.5 Å². The number of nitrogens with zero attached hydrogens (tertiary/aromatic N) is 2. The van der Waals surface area contributed by atoms with Crippen LogP contribution in [0.25, 0.3) is 0 Å². The second kappa shape index (κ2) is 6.97. The lowest BCUT2D eigenvalue weighted by Crippen LogP contribution is -2.48. The number of rotatable bonds is 5. The van der Waals surface area contributed by atoms with Gasteiger partial charge in [-0.15, -0.1) is 0 Å². The number of carbonyl (C=O) groups is 1. The molecule has 0 atom stereocenters. The Morgan fingerprint density at radius 3 is 2.77 bits per heavy atom. The highest BCUT2D eigenvalue weighted by molar-refractivity contribution is 5.77. The lowest BCUT2D eigenvalue weighted by Gasteiger charge is -2.35. The number of aromatic nitrogens is 2. The molecule has 0 spiro atoms. The molecule has 0 bridgehead atoms. The highest BCUT2D eigenvalue weighted by Crippen LogP contribution is 2.36. The minimum atomic E-state index is -0.498. The Hall–Kier alpha value is -2.57. The summed E-state index contributed by atoms with van der Waals surface area (Å²) in [6.45, 7) is 2.03.